The molecule has 2 N–H and O–H groups in total. The maximum Gasteiger partial charge on any atom is 0.408 e. The van der Waals surface area contributed by atoms with Crippen LogP contribution in [-0.4, -0.2) is 22.8 Å². The Hall–Kier alpha value is -2.04. The standard InChI is InChI=1S/C17H23NO4/c1-17(2,3)22-16(21)18-14(10-15(19)20)13-8-6-12(7-9-13)11-4-5-11/h6-9,11,14H,4-5,10H2,1-3H3,(H,18,21)(H,19,20). The third-order valence-corrected chi connectivity index (χ3v) is 3.46. The second kappa shape index (κ2) is 6.38. The first-order valence-corrected chi connectivity index (χ1v) is 7.56. The van der Waals surface area contributed by atoms with Gasteiger partial charge in [0.1, 0.15) is 5.60 Å². The van der Waals surface area contributed by atoms with Crippen molar-refractivity contribution in [1.29, 1.82) is 0 Å². The summed E-state index contributed by atoms with van der Waals surface area (Å²) in [5.74, 6) is -0.321. The van der Waals surface area contributed by atoms with Gasteiger partial charge in [0.25, 0.3) is 0 Å². The van der Waals surface area contributed by atoms with Crippen molar-refractivity contribution >= 4 is 12.1 Å². The average molecular weight is 305 g/mol. The molecule has 1 fully saturated rings. The lowest BCUT2D eigenvalue weighted by Gasteiger charge is -2.23. The van der Waals surface area contributed by atoms with Crippen molar-refractivity contribution in [2.45, 2.75) is 57.6 Å². The van der Waals surface area contributed by atoms with Crippen molar-refractivity contribution < 1.29 is 19.4 Å². The largest absolute Gasteiger partial charge is 0.481 e. The van der Waals surface area contributed by atoms with Crippen LogP contribution in [0.25, 0.3) is 0 Å². The van der Waals surface area contributed by atoms with Gasteiger partial charge in [-0.3, -0.25) is 4.79 Å². The molecule has 1 aliphatic rings. The van der Waals surface area contributed by atoms with Gasteiger partial charge >= 0.3 is 12.1 Å². The van der Waals surface area contributed by atoms with Gasteiger partial charge in [-0.1, -0.05) is 24.3 Å². The van der Waals surface area contributed by atoms with Gasteiger partial charge in [0.15, 0.2) is 0 Å². The van der Waals surface area contributed by atoms with E-state index in [9.17, 15) is 9.59 Å². The van der Waals surface area contributed by atoms with Gasteiger partial charge in [-0.15, -0.1) is 0 Å². The fourth-order valence-electron chi connectivity index (χ4n) is 2.29. The molecule has 0 bridgehead atoms. The number of ether oxygens (including phenoxy) is 1. The lowest BCUT2D eigenvalue weighted by Crippen LogP contribution is -2.35. The number of benzene rings is 1. The van der Waals surface area contributed by atoms with Crippen LogP contribution < -0.4 is 5.32 Å². The van der Waals surface area contributed by atoms with E-state index in [-0.39, 0.29) is 6.42 Å². The molecule has 1 unspecified atom stereocenters. The quantitative estimate of drug-likeness (QED) is 0.871. The van der Waals surface area contributed by atoms with E-state index in [1.165, 1.54) is 18.4 Å². The summed E-state index contributed by atoms with van der Waals surface area (Å²) in [6, 6.07) is 7.20. The van der Waals surface area contributed by atoms with E-state index in [2.05, 4.69) is 5.32 Å². The maximum absolute atomic E-state index is 11.9. The van der Waals surface area contributed by atoms with Crippen molar-refractivity contribution in [2.75, 3.05) is 0 Å². The van der Waals surface area contributed by atoms with E-state index < -0.39 is 23.7 Å². The number of carbonyl (C=O) groups is 2. The number of amides is 1. The molecule has 0 radical (unpaired) electrons. The summed E-state index contributed by atoms with van der Waals surface area (Å²) in [6.07, 6.45) is 1.65. The molecule has 1 aliphatic carbocycles. The third kappa shape index (κ3) is 5.06. The maximum atomic E-state index is 11.9. The Balaban J connectivity index is 2.07. The first-order chi connectivity index (χ1) is 10.2. The summed E-state index contributed by atoms with van der Waals surface area (Å²) < 4.78 is 5.20. The molecule has 22 heavy (non-hydrogen) atoms. The molecule has 120 valence electrons. The summed E-state index contributed by atoms with van der Waals surface area (Å²) in [5.41, 5.74) is 1.43. The van der Waals surface area contributed by atoms with Gasteiger partial charge in [0.2, 0.25) is 0 Å². The minimum atomic E-state index is -0.965. The highest BCUT2D eigenvalue weighted by Crippen LogP contribution is 2.40. The Bertz CT molecular complexity index is 541. The van der Waals surface area contributed by atoms with Gasteiger partial charge < -0.3 is 15.2 Å². The summed E-state index contributed by atoms with van der Waals surface area (Å²) in [4.78, 5) is 22.9. The van der Waals surface area contributed by atoms with E-state index in [1.807, 2.05) is 24.3 Å². The molecular weight excluding hydrogens is 282 g/mol. The number of rotatable bonds is 5. The fourth-order valence-corrected chi connectivity index (χ4v) is 2.29. The number of alkyl carbamates (subject to hydrolysis) is 1. The van der Waals surface area contributed by atoms with Gasteiger partial charge in [0, 0.05) is 0 Å². The molecule has 0 spiro atoms. The Morgan fingerprint density at radius 1 is 1.27 bits per heavy atom. The number of carboxylic acid groups (broad SMARTS) is 1. The smallest absolute Gasteiger partial charge is 0.408 e. The molecule has 5 heteroatoms. The molecule has 0 heterocycles. The summed E-state index contributed by atoms with van der Waals surface area (Å²) in [5, 5.41) is 11.7. The van der Waals surface area contributed by atoms with Crippen molar-refractivity contribution in [3.05, 3.63) is 35.4 Å². The molecule has 1 atom stereocenters. The van der Waals surface area contributed by atoms with Crippen LogP contribution in [0.4, 0.5) is 4.79 Å². The monoisotopic (exact) mass is 305 g/mol. The minimum Gasteiger partial charge on any atom is -0.481 e. The lowest BCUT2D eigenvalue weighted by molar-refractivity contribution is -0.137. The summed E-state index contributed by atoms with van der Waals surface area (Å²) >= 11 is 0. The zero-order valence-electron chi connectivity index (χ0n) is 13.3. The van der Waals surface area contributed by atoms with Crippen LogP contribution in [0.3, 0.4) is 0 Å². The number of hydrogen-bond donors (Lipinski definition) is 2. The van der Waals surface area contributed by atoms with Crippen molar-refractivity contribution in [1.82, 2.24) is 5.32 Å². The van der Waals surface area contributed by atoms with Gasteiger partial charge in [-0.25, -0.2) is 4.79 Å². The topological polar surface area (TPSA) is 75.6 Å². The molecule has 1 aromatic rings. The van der Waals surface area contributed by atoms with E-state index >= 15 is 0 Å². The molecular formula is C17H23NO4. The molecule has 0 saturated heterocycles. The van der Waals surface area contributed by atoms with Crippen LogP contribution in [0, 0.1) is 0 Å². The molecule has 5 nitrogen and oxygen atoms in total. The number of carbonyl (C=O) groups excluding carboxylic acids is 1. The van der Waals surface area contributed by atoms with Crippen molar-refractivity contribution in [3.8, 4) is 0 Å². The van der Waals surface area contributed by atoms with Gasteiger partial charge in [-0.2, -0.15) is 0 Å². The predicted octanol–water partition coefficient (Wildman–Crippen LogP) is 3.60. The van der Waals surface area contributed by atoms with Crippen LogP contribution in [0.5, 0.6) is 0 Å². The molecule has 1 amide bonds. The normalized spacial score (nSPS) is 16.0. The van der Waals surface area contributed by atoms with Crippen LogP contribution in [0.15, 0.2) is 24.3 Å². The van der Waals surface area contributed by atoms with E-state index in [0.29, 0.717) is 5.92 Å². The lowest BCUT2D eigenvalue weighted by atomic mass is 10.0. The number of carboxylic acids is 1. The average Bonchev–Trinajstić information content (AvgIpc) is 3.19. The summed E-state index contributed by atoms with van der Waals surface area (Å²) in [7, 11) is 0. The van der Waals surface area contributed by atoms with Crippen molar-refractivity contribution in [2.24, 2.45) is 0 Å². The zero-order valence-corrected chi connectivity index (χ0v) is 13.3. The highest BCUT2D eigenvalue weighted by molar-refractivity contribution is 5.72. The second-order valence-corrected chi connectivity index (χ2v) is 6.74. The Kier molecular flexibility index (Phi) is 4.74. The first-order valence-electron chi connectivity index (χ1n) is 7.56. The zero-order chi connectivity index (χ0) is 16.3. The number of aliphatic carboxylic acids is 1. The molecule has 0 aromatic heterocycles. The fraction of sp³-hybridized carbons (Fsp3) is 0.529. The van der Waals surface area contributed by atoms with Gasteiger partial charge in [-0.05, 0) is 50.7 Å². The third-order valence-electron chi connectivity index (χ3n) is 3.46. The van der Waals surface area contributed by atoms with Crippen LogP contribution in [0.2, 0.25) is 0 Å². The van der Waals surface area contributed by atoms with Gasteiger partial charge in [0.05, 0.1) is 12.5 Å². The predicted molar refractivity (Wildman–Crippen MR) is 82.8 cm³/mol. The van der Waals surface area contributed by atoms with Crippen molar-refractivity contribution in [3.63, 3.8) is 0 Å². The molecule has 1 aromatic carbocycles. The second-order valence-electron chi connectivity index (χ2n) is 6.74. The Morgan fingerprint density at radius 3 is 2.32 bits per heavy atom. The Labute approximate surface area is 130 Å². The first kappa shape index (κ1) is 16.3. The van der Waals surface area contributed by atoms with Crippen LogP contribution in [0.1, 0.15) is 63.1 Å². The highest BCUT2D eigenvalue weighted by atomic mass is 16.6. The van der Waals surface area contributed by atoms with E-state index in [1.54, 1.807) is 20.8 Å². The number of hydrogen-bond acceptors (Lipinski definition) is 3. The van der Waals surface area contributed by atoms with E-state index in [0.717, 1.165) is 5.56 Å². The van der Waals surface area contributed by atoms with Crippen LogP contribution >= 0.6 is 0 Å². The van der Waals surface area contributed by atoms with E-state index in [4.69, 9.17) is 9.84 Å². The Morgan fingerprint density at radius 2 is 1.86 bits per heavy atom. The molecule has 1 saturated carbocycles. The minimum absolute atomic E-state index is 0.179. The number of nitrogens with one attached hydrogen (secondary N) is 1. The summed E-state index contributed by atoms with van der Waals surface area (Å²) in [6.45, 7) is 5.30. The highest BCUT2D eigenvalue weighted by Gasteiger charge is 2.25. The van der Waals surface area contributed by atoms with Crippen LogP contribution in [-0.2, 0) is 9.53 Å². The molecule has 2 rings (SSSR count). The SMILES string of the molecule is CC(C)(C)OC(=O)NC(CC(=O)O)c1ccc(C2CC2)cc1. The molecule has 0 aliphatic heterocycles.